The summed E-state index contributed by atoms with van der Waals surface area (Å²) in [6, 6.07) is -1.05. The lowest BCUT2D eigenvalue weighted by Crippen LogP contribution is -2.61. The van der Waals surface area contributed by atoms with Crippen LogP contribution in [0.1, 0.15) is 226 Å². The van der Waals surface area contributed by atoms with E-state index in [0.717, 1.165) is 116 Å². The van der Waals surface area contributed by atoms with Gasteiger partial charge in [-0.1, -0.05) is 227 Å². The van der Waals surface area contributed by atoms with Crippen LogP contribution < -0.4 is 5.32 Å². The number of allylic oxidation sites excluding steroid dienone is 15. The highest BCUT2D eigenvalue weighted by Crippen LogP contribution is 2.26. The van der Waals surface area contributed by atoms with Gasteiger partial charge in [-0.2, -0.15) is 0 Å². The van der Waals surface area contributed by atoms with Gasteiger partial charge in [0.2, 0.25) is 5.91 Å². The first kappa shape index (κ1) is 68.6. The number of rotatable bonds is 48. The van der Waals surface area contributed by atoms with Crippen molar-refractivity contribution in [3.8, 4) is 0 Å². The molecule has 0 spiro atoms. The van der Waals surface area contributed by atoms with Gasteiger partial charge in [0.1, 0.15) is 24.4 Å². The normalized spacial score (nSPS) is 20.0. The molecule has 0 bridgehead atoms. The standard InChI is InChI=1S/C63H107NO10/c1-4-7-10-13-16-19-22-25-27-28-29-31-32-35-38-41-44-47-50-56(67)62(71)64-54(55(66)49-46-43-40-37-34-24-21-18-15-12-9-6-3)53-72-63-61(60(70)59(69)57(52-65)73-63)74-58(68)51-48-45-42-39-36-33-30-26-23-20-17-14-11-8-5-2/h8,11,14,16-17,19-20,23,25,27,29,31,35,38,46,49,54-57,59-61,63,65-67,69-70H,4-7,9-10,12-13,15,18,21-22,24,26,28,30,32-34,36-37,39-45,47-48,50-53H2,1-3H3,(H,64,71)/b11-8+,17-14+,19-16-,23-20+,27-25-,31-29-,38-35-,49-46+. The van der Waals surface area contributed by atoms with Gasteiger partial charge < -0.3 is 45.1 Å². The number of hydrogen-bond donors (Lipinski definition) is 6. The van der Waals surface area contributed by atoms with Crippen LogP contribution in [0.25, 0.3) is 0 Å². The van der Waals surface area contributed by atoms with E-state index in [0.29, 0.717) is 12.8 Å². The summed E-state index contributed by atoms with van der Waals surface area (Å²) in [5.41, 5.74) is 0. The Bertz CT molecular complexity index is 1570. The average molecular weight is 1040 g/mol. The van der Waals surface area contributed by atoms with Crippen molar-refractivity contribution in [2.45, 2.75) is 275 Å². The molecule has 0 aromatic rings. The highest BCUT2D eigenvalue weighted by molar-refractivity contribution is 5.80. The predicted octanol–water partition coefficient (Wildman–Crippen LogP) is 13.6. The molecule has 0 radical (unpaired) electrons. The molecule has 0 aromatic heterocycles. The molecule has 1 fully saturated rings. The van der Waals surface area contributed by atoms with E-state index < -0.39 is 67.4 Å². The Balaban J connectivity index is 2.76. The van der Waals surface area contributed by atoms with E-state index in [1.807, 2.05) is 12.2 Å². The minimum Gasteiger partial charge on any atom is -0.454 e. The topological polar surface area (TPSA) is 175 Å². The summed E-state index contributed by atoms with van der Waals surface area (Å²) in [5, 5.41) is 56.8. The number of carbonyl (C=O) groups excluding carboxylic acids is 2. The Kier molecular flexibility index (Phi) is 46.7. The number of amides is 1. The van der Waals surface area contributed by atoms with E-state index in [2.05, 4.69) is 105 Å². The molecule has 74 heavy (non-hydrogen) atoms. The van der Waals surface area contributed by atoms with Crippen LogP contribution in [0.4, 0.5) is 0 Å². The number of esters is 1. The van der Waals surface area contributed by atoms with Gasteiger partial charge in [-0.25, -0.2) is 0 Å². The molecule has 8 atom stereocenters. The van der Waals surface area contributed by atoms with E-state index in [4.69, 9.17) is 14.2 Å². The van der Waals surface area contributed by atoms with Crippen LogP contribution in [0.2, 0.25) is 0 Å². The molecule has 1 heterocycles. The van der Waals surface area contributed by atoms with Crippen LogP contribution in [0.3, 0.4) is 0 Å². The zero-order valence-electron chi connectivity index (χ0n) is 46.7. The van der Waals surface area contributed by atoms with Crippen LogP contribution in [0, 0.1) is 0 Å². The lowest BCUT2D eigenvalue weighted by Gasteiger charge is -2.41. The summed E-state index contributed by atoms with van der Waals surface area (Å²) in [6.07, 6.45) is 55.8. The fraction of sp³-hybridized carbons (Fsp3) is 0.714. The molecule has 6 N–H and O–H groups in total. The van der Waals surface area contributed by atoms with Gasteiger partial charge in [-0.15, -0.1) is 0 Å². The summed E-state index contributed by atoms with van der Waals surface area (Å²) >= 11 is 0. The van der Waals surface area contributed by atoms with Crippen LogP contribution in [0.15, 0.2) is 97.2 Å². The SMILES string of the molecule is CC/C=C/C=C/C=C/CCCCCCCCCC(=O)OC1C(OCC(NC(=O)C(O)CCCC/C=C\C/C=C\C/C=C\C/C=C\CCCCC)C(O)/C=C/CCCCCCCCCCCC)OC(CO)C(O)C1O. The Labute approximate surface area is 450 Å². The zero-order chi connectivity index (χ0) is 54.0. The number of hydrogen-bond acceptors (Lipinski definition) is 10. The smallest absolute Gasteiger partial charge is 0.306 e. The quantitative estimate of drug-likeness (QED) is 0.0149. The molecule has 1 rings (SSSR count). The molecule has 11 heteroatoms. The third-order valence-corrected chi connectivity index (χ3v) is 13.3. The van der Waals surface area contributed by atoms with Gasteiger partial charge in [0.05, 0.1) is 25.4 Å². The number of aliphatic hydroxyl groups excluding tert-OH is 5. The molecular formula is C63H107NO10. The van der Waals surface area contributed by atoms with Gasteiger partial charge in [-0.3, -0.25) is 9.59 Å². The molecule has 11 nitrogen and oxygen atoms in total. The van der Waals surface area contributed by atoms with E-state index in [1.165, 1.54) is 64.2 Å². The number of nitrogens with one attached hydrogen (secondary N) is 1. The molecule has 8 unspecified atom stereocenters. The van der Waals surface area contributed by atoms with Gasteiger partial charge >= 0.3 is 5.97 Å². The largest absolute Gasteiger partial charge is 0.454 e. The third kappa shape index (κ3) is 38.2. The summed E-state index contributed by atoms with van der Waals surface area (Å²) in [4.78, 5) is 26.5. The van der Waals surface area contributed by atoms with Crippen LogP contribution in [0.5, 0.6) is 0 Å². The van der Waals surface area contributed by atoms with Gasteiger partial charge in [-0.05, 0) is 89.9 Å². The first-order valence-corrected chi connectivity index (χ1v) is 29.5. The first-order valence-electron chi connectivity index (χ1n) is 29.5. The highest BCUT2D eigenvalue weighted by atomic mass is 16.7. The van der Waals surface area contributed by atoms with Crippen LogP contribution in [-0.2, 0) is 23.8 Å². The maximum atomic E-state index is 13.4. The molecule has 0 saturated carbocycles. The van der Waals surface area contributed by atoms with Crippen molar-refractivity contribution in [2.24, 2.45) is 0 Å². The predicted molar refractivity (Wildman–Crippen MR) is 305 cm³/mol. The fourth-order valence-electron chi connectivity index (χ4n) is 8.57. The summed E-state index contributed by atoms with van der Waals surface area (Å²) in [7, 11) is 0. The number of aliphatic hydroxyl groups is 5. The maximum Gasteiger partial charge on any atom is 0.306 e. The lowest BCUT2D eigenvalue weighted by atomic mass is 9.99. The summed E-state index contributed by atoms with van der Waals surface area (Å²) in [5.74, 6) is -1.25. The van der Waals surface area contributed by atoms with E-state index in [1.54, 1.807) is 6.08 Å². The minimum atomic E-state index is -1.63. The van der Waals surface area contributed by atoms with Crippen molar-refractivity contribution >= 4 is 11.9 Å². The lowest BCUT2D eigenvalue weighted by molar-refractivity contribution is -0.305. The average Bonchev–Trinajstić information content (AvgIpc) is 3.40. The number of carbonyl (C=O) groups is 2. The van der Waals surface area contributed by atoms with Crippen molar-refractivity contribution in [3.63, 3.8) is 0 Å². The zero-order valence-corrected chi connectivity index (χ0v) is 46.7. The molecular weight excluding hydrogens is 931 g/mol. The second-order valence-electron chi connectivity index (χ2n) is 20.1. The van der Waals surface area contributed by atoms with E-state index >= 15 is 0 Å². The monoisotopic (exact) mass is 1040 g/mol. The highest BCUT2D eigenvalue weighted by Gasteiger charge is 2.47. The van der Waals surface area contributed by atoms with E-state index in [-0.39, 0.29) is 19.4 Å². The number of unbranched alkanes of at least 4 members (excludes halogenated alkanes) is 22. The molecule has 1 amide bonds. The second-order valence-corrected chi connectivity index (χ2v) is 20.1. The minimum absolute atomic E-state index is 0.101. The third-order valence-electron chi connectivity index (χ3n) is 13.3. The van der Waals surface area contributed by atoms with Gasteiger partial charge in [0.15, 0.2) is 12.4 Å². The van der Waals surface area contributed by atoms with E-state index in [9.17, 15) is 35.1 Å². The molecule has 1 aliphatic heterocycles. The first-order chi connectivity index (χ1) is 36.2. The molecule has 0 aliphatic carbocycles. The molecule has 424 valence electrons. The Morgan fingerprint density at radius 2 is 1.03 bits per heavy atom. The van der Waals surface area contributed by atoms with Crippen LogP contribution >= 0.6 is 0 Å². The van der Waals surface area contributed by atoms with Crippen molar-refractivity contribution in [2.75, 3.05) is 13.2 Å². The second kappa shape index (κ2) is 50.4. The van der Waals surface area contributed by atoms with Gasteiger partial charge in [0, 0.05) is 6.42 Å². The van der Waals surface area contributed by atoms with Gasteiger partial charge in [0.25, 0.3) is 0 Å². The maximum absolute atomic E-state index is 13.4. The summed E-state index contributed by atoms with van der Waals surface area (Å²) in [6.45, 7) is 5.58. The van der Waals surface area contributed by atoms with Crippen molar-refractivity contribution < 1.29 is 49.3 Å². The Morgan fingerprint density at radius 1 is 0.554 bits per heavy atom. The Hall–Kier alpha value is -3.42. The van der Waals surface area contributed by atoms with Crippen molar-refractivity contribution in [1.82, 2.24) is 5.32 Å². The molecule has 1 saturated heterocycles. The Morgan fingerprint density at radius 3 is 1.59 bits per heavy atom. The summed E-state index contributed by atoms with van der Waals surface area (Å²) < 4.78 is 17.6. The van der Waals surface area contributed by atoms with Crippen molar-refractivity contribution in [3.05, 3.63) is 97.2 Å². The van der Waals surface area contributed by atoms with Crippen LogP contribution in [-0.4, -0.2) is 99.6 Å². The van der Waals surface area contributed by atoms with Crippen molar-refractivity contribution in [1.29, 1.82) is 0 Å². The fourth-order valence-corrected chi connectivity index (χ4v) is 8.57. The molecule has 0 aromatic carbocycles. The molecule has 1 aliphatic rings. The number of ether oxygens (including phenoxy) is 3.